The van der Waals surface area contributed by atoms with Gasteiger partial charge in [-0.15, -0.1) is 0 Å². The van der Waals surface area contributed by atoms with Crippen LogP contribution in [-0.2, 0) is 9.47 Å². The number of ether oxygens (including phenoxy) is 2. The second-order valence-corrected chi connectivity index (χ2v) is 9.40. The van der Waals surface area contributed by atoms with Gasteiger partial charge in [-0.1, -0.05) is 15.9 Å². The first-order valence-corrected chi connectivity index (χ1v) is 10.4. The van der Waals surface area contributed by atoms with Crippen molar-refractivity contribution in [1.82, 2.24) is 4.57 Å². The number of methoxy groups -OCH3 is 1. The highest BCUT2D eigenvalue weighted by molar-refractivity contribution is 9.10. The summed E-state index contributed by atoms with van der Waals surface area (Å²) in [7, 11) is 1.34. The summed E-state index contributed by atoms with van der Waals surface area (Å²) in [5, 5.41) is 0.887. The lowest BCUT2D eigenvalue weighted by Gasteiger charge is -2.20. The zero-order valence-corrected chi connectivity index (χ0v) is 17.7. The lowest BCUT2D eigenvalue weighted by molar-refractivity contribution is 0.0544. The Kier molecular flexibility index (Phi) is 5.40. The van der Waals surface area contributed by atoms with E-state index < -0.39 is 17.7 Å². The van der Waals surface area contributed by atoms with Gasteiger partial charge in [-0.3, -0.25) is 4.57 Å². The Morgan fingerprint density at radius 1 is 1.31 bits per heavy atom. The van der Waals surface area contributed by atoms with Crippen molar-refractivity contribution >= 4 is 50.7 Å². The lowest BCUT2D eigenvalue weighted by atomic mass is 9.97. The molecule has 1 aliphatic rings. The number of halogens is 1. The average Bonchev–Trinajstić information content (AvgIpc) is 3.18. The maximum atomic E-state index is 12.8. The number of fused-ring (bicyclic) bond motifs is 1. The van der Waals surface area contributed by atoms with Gasteiger partial charge in [0.1, 0.15) is 5.60 Å². The van der Waals surface area contributed by atoms with Crippen LogP contribution in [0.3, 0.4) is 0 Å². The number of aromatic nitrogens is 1. The molecule has 2 aromatic rings. The topological polar surface area (TPSA) is 57.5 Å². The maximum absolute atomic E-state index is 12.8. The molecule has 0 bridgehead atoms. The first-order chi connectivity index (χ1) is 12.2. The van der Waals surface area contributed by atoms with Gasteiger partial charge in [0.05, 0.1) is 18.2 Å². The van der Waals surface area contributed by atoms with Crippen LogP contribution in [0.25, 0.3) is 10.9 Å². The van der Waals surface area contributed by atoms with Crippen molar-refractivity contribution in [2.24, 2.45) is 0 Å². The third-order valence-corrected chi connectivity index (χ3v) is 5.88. The molecule has 26 heavy (non-hydrogen) atoms. The molecule has 1 aliphatic heterocycles. The highest BCUT2D eigenvalue weighted by Gasteiger charge is 2.28. The Bertz CT molecular complexity index is 863. The molecule has 7 heteroatoms. The molecule has 1 fully saturated rings. The molecule has 0 radical (unpaired) electrons. The molecule has 1 saturated heterocycles. The predicted molar refractivity (Wildman–Crippen MR) is 107 cm³/mol. The number of rotatable bonds is 2. The molecular formula is C19H22BrNO4S. The molecule has 1 aromatic carbocycles. The zero-order chi connectivity index (χ0) is 19.1. The van der Waals surface area contributed by atoms with E-state index in [1.54, 1.807) is 6.07 Å². The molecule has 1 unspecified atom stereocenters. The molecular weight excluding hydrogens is 418 g/mol. The summed E-state index contributed by atoms with van der Waals surface area (Å²) in [6.07, 6.45) is 2.39. The number of hydrogen-bond acceptors (Lipinski definition) is 5. The number of hydrogen-bond donors (Lipinski definition) is 0. The lowest BCUT2D eigenvalue weighted by Crippen LogP contribution is -2.27. The average molecular weight is 440 g/mol. The highest BCUT2D eigenvalue weighted by Crippen LogP contribution is 2.39. The fourth-order valence-electron chi connectivity index (χ4n) is 3.18. The molecule has 140 valence electrons. The van der Waals surface area contributed by atoms with Crippen molar-refractivity contribution in [3.05, 3.63) is 33.9 Å². The number of nitrogens with zero attached hydrogens (tertiary/aromatic N) is 1. The Morgan fingerprint density at radius 2 is 2.04 bits per heavy atom. The first-order valence-electron chi connectivity index (χ1n) is 8.45. The number of carbonyl (C=O) groups excluding carboxylic acids is 2. The fraction of sp³-hybridized carbons (Fsp3) is 0.474. The Balaban J connectivity index is 2.25. The van der Waals surface area contributed by atoms with Gasteiger partial charge in [0.15, 0.2) is 0 Å². The number of esters is 1. The predicted octanol–water partition coefficient (Wildman–Crippen LogP) is 5.19. The second kappa shape index (κ2) is 7.27. The molecule has 0 spiro atoms. The van der Waals surface area contributed by atoms with Crippen LogP contribution < -0.4 is 0 Å². The number of carbonyl (C=O) groups is 2. The quantitative estimate of drug-likeness (QED) is 0.602. The summed E-state index contributed by atoms with van der Waals surface area (Å²) in [4.78, 5) is 25.2. The van der Waals surface area contributed by atoms with Gasteiger partial charge < -0.3 is 9.47 Å². The van der Waals surface area contributed by atoms with Gasteiger partial charge in [-0.25, -0.2) is 9.59 Å². The number of benzene rings is 1. The standard InChI is InChI=1S/C19H22BrNO4S/c1-19(2,3)25-18(23)21-9-15(11-5-6-26-10-11)13-7-12(20)8-14(16(13)21)17(22)24-4/h7-9,11H,5-6,10H2,1-4H3. The van der Waals surface area contributed by atoms with E-state index in [9.17, 15) is 9.59 Å². The first kappa shape index (κ1) is 19.3. The van der Waals surface area contributed by atoms with Crippen LogP contribution in [0, 0.1) is 0 Å². The van der Waals surface area contributed by atoms with Gasteiger partial charge in [0, 0.05) is 21.8 Å². The molecule has 0 aliphatic carbocycles. The van der Waals surface area contributed by atoms with Gasteiger partial charge in [-0.05, 0) is 56.6 Å². The van der Waals surface area contributed by atoms with Crippen molar-refractivity contribution in [2.75, 3.05) is 18.6 Å². The SMILES string of the molecule is COC(=O)c1cc(Br)cc2c(C3CCSC3)cn(C(=O)OC(C)(C)C)c12. The zero-order valence-electron chi connectivity index (χ0n) is 15.3. The van der Waals surface area contributed by atoms with Crippen molar-refractivity contribution in [3.63, 3.8) is 0 Å². The van der Waals surface area contributed by atoms with Crippen LogP contribution in [0.2, 0.25) is 0 Å². The molecule has 2 heterocycles. The molecule has 0 amide bonds. The van der Waals surface area contributed by atoms with Crippen LogP contribution >= 0.6 is 27.7 Å². The monoisotopic (exact) mass is 439 g/mol. The van der Waals surface area contributed by atoms with Crippen LogP contribution in [0.1, 0.15) is 49.0 Å². The smallest absolute Gasteiger partial charge is 0.419 e. The van der Waals surface area contributed by atoms with Crippen LogP contribution in [0.5, 0.6) is 0 Å². The van der Waals surface area contributed by atoms with Crippen molar-refractivity contribution in [3.8, 4) is 0 Å². The fourth-order valence-corrected chi connectivity index (χ4v) is 4.88. The Labute approximate surface area is 165 Å². The van der Waals surface area contributed by atoms with E-state index in [0.29, 0.717) is 17.0 Å². The minimum Gasteiger partial charge on any atom is -0.465 e. The van der Waals surface area contributed by atoms with Gasteiger partial charge in [-0.2, -0.15) is 11.8 Å². The van der Waals surface area contributed by atoms with E-state index in [0.717, 1.165) is 33.3 Å². The van der Waals surface area contributed by atoms with E-state index in [4.69, 9.17) is 9.47 Å². The van der Waals surface area contributed by atoms with Crippen molar-refractivity contribution < 1.29 is 19.1 Å². The molecule has 3 rings (SSSR count). The summed E-state index contributed by atoms with van der Waals surface area (Å²) < 4.78 is 12.7. The minimum atomic E-state index is -0.627. The van der Waals surface area contributed by atoms with E-state index >= 15 is 0 Å². The van der Waals surface area contributed by atoms with Gasteiger partial charge >= 0.3 is 12.1 Å². The molecule has 5 nitrogen and oxygen atoms in total. The molecule has 1 aromatic heterocycles. The normalized spacial score (nSPS) is 17.5. The van der Waals surface area contributed by atoms with E-state index in [1.165, 1.54) is 11.7 Å². The number of thioether (sulfide) groups is 1. The van der Waals surface area contributed by atoms with E-state index in [1.807, 2.05) is 44.8 Å². The molecule has 0 saturated carbocycles. The molecule has 1 atom stereocenters. The highest BCUT2D eigenvalue weighted by atomic mass is 79.9. The maximum Gasteiger partial charge on any atom is 0.419 e. The summed E-state index contributed by atoms with van der Waals surface area (Å²) in [5.41, 5.74) is 1.33. The van der Waals surface area contributed by atoms with Crippen LogP contribution in [0.4, 0.5) is 4.79 Å². The summed E-state index contributed by atoms with van der Waals surface area (Å²) in [6.45, 7) is 5.47. The third-order valence-electron chi connectivity index (χ3n) is 4.26. The third kappa shape index (κ3) is 3.78. The van der Waals surface area contributed by atoms with Crippen molar-refractivity contribution in [1.29, 1.82) is 0 Å². The Morgan fingerprint density at radius 3 is 2.62 bits per heavy atom. The summed E-state index contributed by atoms with van der Waals surface area (Å²) in [5.74, 6) is 1.98. The van der Waals surface area contributed by atoms with Gasteiger partial charge in [0.25, 0.3) is 0 Å². The largest absolute Gasteiger partial charge is 0.465 e. The van der Waals surface area contributed by atoms with Crippen LogP contribution in [0.15, 0.2) is 22.8 Å². The molecule has 0 N–H and O–H groups in total. The van der Waals surface area contributed by atoms with Crippen molar-refractivity contribution in [2.45, 2.75) is 38.7 Å². The Hall–Kier alpha value is -1.47. The summed E-state index contributed by atoms with van der Waals surface area (Å²) in [6, 6.07) is 3.64. The summed E-state index contributed by atoms with van der Waals surface area (Å²) >= 11 is 5.38. The second-order valence-electron chi connectivity index (χ2n) is 7.34. The minimum absolute atomic E-state index is 0.347. The van der Waals surface area contributed by atoms with Gasteiger partial charge in [0.2, 0.25) is 0 Å². The van der Waals surface area contributed by atoms with E-state index in [2.05, 4.69) is 15.9 Å². The van der Waals surface area contributed by atoms with Crippen LogP contribution in [-0.4, -0.2) is 40.8 Å². The van der Waals surface area contributed by atoms with E-state index in [-0.39, 0.29) is 0 Å².